The number of nitrogens with zero attached hydrogens (tertiary/aromatic N) is 1. The molecule has 1 aromatic heterocycles. The van der Waals surface area contributed by atoms with Crippen LogP contribution >= 0.6 is 0 Å². The fraction of sp³-hybridized carbons (Fsp3) is 0.364. The number of methoxy groups -OCH3 is 1. The maximum Gasteiger partial charge on any atom is 0.270 e. The third-order valence-corrected chi connectivity index (χ3v) is 5.61. The van der Waals surface area contributed by atoms with Gasteiger partial charge in [0.25, 0.3) is 5.69 Å². The average molecular weight is 379 g/mol. The summed E-state index contributed by atoms with van der Waals surface area (Å²) in [7, 11) is 1.70. The summed E-state index contributed by atoms with van der Waals surface area (Å²) >= 11 is 0. The Morgan fingerprint density at radius 1 is 1.32 bits per heavy atom. The minimum atomic E-state index is -0.327. The zero-order chi connectivity index (χ0) is 19.7. The number of benzene rings is 2. The highest BCUT2D eigenvalue weighted by Crippen LogP contribution is 2.36. The number of fused-ring (bicyclic) bond motifs is 3. The number of hydrogen-bond donors (Lipinski definition) is 2. The van der Waals surface area contributed by atoms with E-state index in [1.54, 1.807) is 19.2 Å². The van der Waals surface area contributed by atoms with Gasteiger partial charge in [0.15, 0.2) is 0 Å². The van der Waals surface area contributed by atoms with Gasteiger partial charge >= 0.3 is 0 Å². The van der Waals surface area contributed by atoms with Gasteiger partial charge in [0.1, 0.15) is 5.75 Å². The van der Waals surface area contributed by atoms with Gasteiger partial charge < -0.3 is 15.0 Å². The van der Waals surface area contributed by atoms with Gasteiger partial charge in [-0.2, -0.15) is 0 Å². The summed E-state index contributed by atoms with van der Waals surface area (Å²) in [6.45, 7) is 2.19. The molecule has 4 rings (SSSR count). The van der Waals surface area contributed by atoms with E-state index in [-0.39, 0.29) is 22.7 Å². The van der Waals surface area contributed by atoms with E-state index < -0.39 is 0 Å². The molecule has 1 heterocycles. The molecule has 0 radical (unpaired) electrons. The lowest BCUT2D eigenvalue weighted by Crippen LogP contribution is -2.34. The predicted molar refractivity (Wildman–Crippen MR) is 110 cm³/mol. The number of H-pyrrole nitrogens is 1. The minimum Gasteiger partial charge on any atom is -0.496 e. The Hall–Kier alpha value is -2.86. The topological polar surface area (TPSA) is 80.2 Å². The van der Waals surface area contributed by atoms with Crippen molar-refractivity contribution in [2.24, 2.45) is 0 Å². The molecule has 2 N–H and O–H groups in total. The molecule has 0 fully saturated rings. The first-order valence-electron chi connectivity index (χ1n) is 9.73. The largest absolute Gasteiger partial charge is 0.496 e. The van der Waals surface area contributed by atoms with Crippen LogP contribution in [0.4, 0.5) is 5.69 Å². The SMILES string of the molecule is COc1ccccc1C[C@@H](C)N[C@@H]1CCCc2c1[nH]c1ccc([N+](=O)[O-])cc21. The number of nitrogens with one attached hydrogen (secondary N) is 2. The van der Waals surface area contributed by atoms with Crippen molar-refractivity contribution in [2.75, 3.05) is 7.11 Å². The third-order valence-electron chi connectivity index (χ3n) is 5.61. The van der Waals surface area contributed by atoms with Gasteiger partial charge in [-0.05, 0) is 55.9 Å². The van der Waals surface area contributed by atoms with Crippen LogP contribution in [0.1, 0.15) is 42.6 Å². The average Bonchev–Trinajstić information content (AvgIpc) is 3.07. The highest BCUT2D eigenvalue weighted by molar-refractivity contribution is 5.87. The van der Waals surface area contributed by atoms with Crippen molar-refractivity contribution < 1.29 is 9.66 Å². The maximum atomic E-state index is 11.1. The Morgan fingerprint density at radius 2 is 2.14 bits per heavy atom. The highest BCUT2D eigenvalue weighted by atomic mass is 16.6. The summed E-state index contributed by atoms with van der Waals surface area (Å²) in [6, 6.07) is 13.7. The Labute approximate surface area is 164 Å². The van der Waals surface area contributed by atoms with Crippen molar-refractivity contribution >= 4 is 16.6 Å². The number of hydrogen-bond acceptors (Lipinski definition) is 4. The molecule has 2 atom stereocenters. The molecule has 0 unspecified atom stereocenters. The molecular formula is C22H25N3O3. The van der Waals surface area contributed by atoms with Crippen LogP contribution < -0.4 is 10.1 Å². The zero-order valence-corrected chi connectivity index (χ0v) is 16.2. The normalized spacial score (nSPS) is 17.3. The summed E-state index contributed by atoms with van der Waals surface area (Å²) in [5.74, 6) is 0.915. The smallest absolute Gasteiger partial charge is 0.270 e. The molecular weight excluding hydrogens is 354 g/mol. The first-order chi connectivity index (χ1) is 13.6. The van der Waals surface area contributed by atoms with Crippen molar-refractivity contribution in [3.63, 3.8) is 0 Å². The summed E-state index contributed by atoms with van der Waals surface area (Å²) in [5, 5.41) is 15.9. The molecule has 146 valence electrons. The number of aromatic nitrogens is 1. The predicted octanol–water partition coefficient (Wildman–Crippen LogP) is 4.68. The third kappa shape index (κ3) is 3.47. The second kappa shape index (κ2) is 7.64. The Morgan fingerprint density at radius 3 is 2.93 bits per heavy atom. The van der Waals surface area contributed by atoms with Crippen molar-refractivity contribution in [1.82, 2.24) is 10.3 Å². The van der Waals surface area contributed by atoms with Crippen LogP contribution in [0.3, 0.4) is 0 Å². The molecule has 28 heavy (non-hydrogen) atoms. The zero-order valence-electron chi connectivity index (χ0n) is 16.2. The van der Waals surface area contributed by atoms with Crippen molar-refractivity contribution in [3.8, 4) is 5.75 Å². The molecule has 0 saturated heterocycles. The van der Waals surface area contributed by atoms with Crippen LogP contribution in [0.2, 0.25) is 0 Å². The number of aromatic amines is 1. The summed E-state index contributed by atoms with van der Waals surface area (Å²) < 4.78 is 5.47. The molecule has 6 nitrogen and oxygen atoms in total. The number of para-hydroxylation sites is 1. The van der Waals surface area contributed by atoms with E-state index >= 15 is 0 Å². The van der Waals surface area contributed by atoms with Crippen LogP contribution in [-0.4, -0.2) is 23.1 Å². The first-order valence-corrected chi connectivity index (χ1v) is 9.73. The fourth-order valence-corrected chi connectivity index (χ4v) is 4.33. The van der Waals surface area contributed by atoms with Crippen molar-refractivity contribution in [1.29, 1.82) is 0 Å². The van der Waals surface area contributed by atoms with Gasteiger partial charge in [-0.1, -0.05) is 18.2 Å². The van der Waals surface area contributed by atoms with Gasteiger partial charge in [-0.15, -0.1) is 0 Å². The minimum absolute atomic E-state index is 0.147. The summed E-state index contributed by atoms with van der Waals surface area (Å²) in [6.07, 6.45) is 3.96. The number of ether oxygens (including phenoxy) is 1. The van der Waals surface area contributed by atoms with Crippen LogP contribution in [0, 0.1) is 10.1 Å². The summed E-state index contributed by atoms with van der Waals surface area (Å²) in [5.41, 5.74) is 4.70. The van der Waals surface area contributed by atoms with Crippen molar-refractivity contribution in [3.05, 3.63) is 69.4 Å². The Bertz CT molecular complexity index is 1010. The molecule has 0 aliphatic heterocycles. The standard InChI is InChI=1S/C22H25N3O3/c1-14(12-15-6-3-4-9-21(15)28-2)23-20-8-5-7-17-18-13-16(25(26)27)10-11-19(18)24-22(17)20/h3-4,6,9-11,13-14,20,23-24H,5,7-8,12H2,1-2H3/t14-,20-/m1/s1. The number of non-ortho nitro benzene ring substituents is 1. The number of rotatable bonds is 6. The second-order valence-corrected chi connectivity index (χ2v) is 7.53. The molecule has 0 saturated carbocycles. The number of aryl methyl sites for hydroxylation is 1. The lowest BCUT2D eigenvalue weighted by molar-refractivity contribution is -0.384. The summed E-state index contributed by atoms with van der Waals surface area (Å²) in [4.78, 5) is 14.3. The molecule has 6 heteroatoms. The highest BCUT2D eigenvalue weighted by Gasteiger charge is 2.26. The van der Waals surface area contributed by atoms with Gasteiger partial charge in [0.2, 0.25) is 0 Å². The van der Waals surface area contributed by atoms with E-state index in [2.05, 4.69) is 23.3 Å². The van der Waals surface area contributed by atoms with Crippen molar-refractivity contribution in [2.45, 2.75) is 44.7 Å². The molecule has 0 spiro atoms. The molecule has 0 bridgehead atoms. The molecule has 0 amide bonds. The van der Waals surface area contributed by atoms with E-state index in [9.17, 15) is 10.1 Å². The number of nitro groups is 1. The van der Waals surface area contributed by atoms with E-state index in [0.717, 1.165) is 42.3 Å². The number of nitro benzene ring substituents is 1. The van der Waals surface area contributed by atoms with Crippen LogP contribution in [0.5, 0.6) is 5.75 Å². The lowest BCUT2D eigenvalue weighted by Gasteiger charge is -2.27. The lowest BCUT2D eigenvalue weighted by atomic mass is 9.91. The monoisotopic (exact) mass is 379 g/mol. The van der Waals surface area contributed by atoms with Crippen LogP contribution in [-0.2, 0) is 12.8 Å². The van der Waals surface area contributed by atoms with E-state index in [1.807, 2.05) is 24.3 Å². The quantitative estimate of drug-likeness (QED) is 0.481. The van der Waals surface area contributed by atoms with E-state index in [0.29, 0.717) is 0 Å². The Kier molecular flexibility index (Phi) is 5.05. The fourth-order valence-electron chi connectivity index (χ4n) is 4.33. The molecule has 3 aromatic rings. The van der Waals surface area contributed by atoms with E-state index in [4.69, 9.17) is 4.74 Å². The first kappa shape index (κ1) is 18.5. The molecule has 2 aromatic carbocycles. The second-order valence-electron chi connectivity index (χ2n) is 7.53. The van der Waals surface area contributed by atoms with E-state index in [1.165, 1.54) is 16.8 Å². The maximum absolute atomic E-state index is 11.1. The Balaban J connectivity index is 1.57. The van der Waals surface area contributed by atoms with Gasteiger partial charge in [-0.25, -0.2) is 0 Å². The molecule has 1 aliphatic rings. The van der Waals surface area contributed by atoms with Gasteiger partial charge in [-0.3, -0.25) is 10.1 Å². The van der Waals surface area contributed by atoms with Crippen LogP contribution in [0.25, 0.3) is 10.9 Å². The molecule has 1 aliphatic carbocycles. The van der Waals surface area contributed by atoms with Crippen LogP contribution in [0.15, 0.2) is 42.5 Å². The van der Waals surface area contributed by atoms with Gasteiger partial charge in [0, 0.05) is 40.8 Å². The van der Waals surface area contributed by atoms with Gasteiger partial charge in [0.05, 0.1) is 12.0 Å².